The molecule has 2 heterocycles. The summed E-state index contributed by atoms with van der Waals surface area (Å²) < 4.78 is 12.4. The lowest BCUT2D eigenvalue weighted by Gasteiger charge is -2.42. The number of rotatable bonds is 2. The van der Waals surface area contributed by atoms with Crippen LogP contribution in [0, 0.1) is 10.1 Å². The average Bonchev–Trinajstić information content (AvgIpc) is 2.80. The van der Waals surface area contributed by atoms with Crippen LogP contribution in [-0.2, 0) is 4.74 Å². The summed E-state index contributed by atoms with van der Waals surface area (Å²) in [5.41, 5.74) is -1.52. The van der Waals surface area contributed by atoms with E-state index in [0.29, 0.717) is 15.7 Å². The number of nitrogens with zero attached hydrogens (tertiary/aromatic N) is 2. The van der Waals surface area contributed by atoms with Gasteiger partial charge in [0, 0.05) is 16.1 Å². The van der Waals surface area contributed by atoms with Gasteiger partial charge in [0.05, 0.1) is 10.6 Å². The molecular formula is C19H15BrN2O5. The van der Waals surface area contributed by atoms with Crippen LogP contribution in [0.15, 0.2) is 53.0 Å². The van der Waals surface area contributed by atoms with Gasteiger partial charge in [-0.3, -0.25) is 10.1 Å². The van der Waals surface area contributed by atoms with Crippen LogP contribution >= 0.6 is 15.9 Å². The van der Waals surface area contributed by atoms with Gasteiger partial charge in [0.2, 0.25) is 5.75 Å². The van der Waals surface area contributed by atoms with E-state index in [0.717, 1.165) is 0 Å². The van der Waals surface area contributed by atoms with E-state index in [1.165, 1.54) is 11.0 Å². The maximum Gasteiger partial charge on any atom is 0.418 e. The van der Waals surface area contributed by atoms with Gasteiger partial charge in [0.15, 0.2) is 5.60 Å². The third-order valence-electron chi connectivity index (χ3n) is 4.74. The number of nitro benzene ring substituents is 1. The lowest BCUT2D eigenvalue weighted by atomic mass is 9.90. The van der Waals surface area contributed by atoms with E-state index >= 15 is 0 Å². The number of fused-ring (bicyclic) bond motifs is 1. The molecule has 0 aliphatic carbocycles. The van der Waals surface area contributed by atoms with Crippen LogP contribution in [0.25, 0.3) is 6.08 Å². The van der Waals surface area contributed by atoms with Gasteiger partial charge in [-0.25, -0.2) is 9.69 Å². The number of ether oxygens (including phenoxy) is 2. The Bertz CT molecular complexity index is 989. The van der Waals surface area contributed by atoms with Gasteiger partial charge in [0.25, 0.3) is 5.72 Å². The molecule has 1 amide bonds. The Morgan fingerprint density at radius 1 is 1.15 bits per heavy atom. The predicted molar refractivity (Wildman–Crippen MR) is 103 cm³/mol. The minimum Gasteiger partial charge on any atom is -0.452 e. The number of halogens is 1. The molecule has 1 saturated heterocycles. The maximum absolute atomic E-state index is 12.7. The van der Waals surface area contributed by atoms with E-state index in [1.54, 1.807) is 56.3 Å². The zero-order valence-corrected chi connectivity index (χ0v) is 16.1. The normalized spacial score (nSPS) is 22.3. The summed E-state index contributed by atoms with van der Waals surface area (Å²) in [4.78, 5) is 25.2. The molecule has 0 N–H and O–H groups in total. The molecule has 1 fully saturated rings. The Kier molecular flexibility index (Phi) is 3.78. The largest absolute Gasteiger partial charge is 0.452 e. The second-order valence-corrected chi connectivity index (χ2v) is 7.70. The Morgan fingerprint density at radius 3 is 2.52 bits per heavy atom. The summed E-state index contributed by atoms with van der Waals surface area (Å²) in [6.07, 6.45) is 2.85. The van der Waals surface area contributed by atoms with E-state index in [2.05, 4.69) is 15.9 Å². The first-order chi connectivity index (χ1) is 12.7. The summed E-state index contributed by atoms with van der Waals surface area (Å²) in [6.45, 7) is 3.43. The van der Waals surface area contributed by atoms with E-state index in [-0.39, 0.29) is 11.4 Å². The van der Waals surface area contributed by atoms with E-state index in [9.17, 15) is 14.9 Å². The molecule has 0 bridgehead atoms. The van der Waals surface area contributed by atoms with Crippen LogP contribution in [-0.4, -0.2) is 22.3 Å². The molecule has 2 aromatic rings. The van der Waals surface area contributed by atoms with Crippen molar-refractivity contribution in [2.75, 3.05) is 4.90 Å². The summed E-state index contributed by atoms with van der Waals surface area (Å²) in [7, 11) is 0. The number of para-hydroxylation sites is 1. The van der Waals surface area contributed by atoms with Crippen LogP contribution in [0.2, 0.25) is 0 Å². The molecule has 4 rings (SSSR count). The highest BCUT2D eigenvalue weighted by Crippen LogP contribution is 2.50. The van der Waals surface area contributed by atoms with Gasteiger partial charge in [-0.15, -0.1) is 0 Å². The SMILES string of the molecule is CC1(C)OC(=O)N(c2ccccc2)C12C=Cc1cc(Br)cc([N+](=O)[O-])c1O2. The number of carbonyl (C=O) groups is 1. The third kappa shape index (κ3) is 2.51. The monoisotopic (exact) mass is 430 g/mol. The van der Waals surface area contributed by atoms with Crippen molar-refractivity contribution in [3.05, 3.63) is 68.7 Å². The molecule has 1 atom stereocenters. The molecule has 2 aliphatic heterocycles. The van der Waals surface area contributed by atoms with Crippen molar-refractivity contribution in [3.63, 3.8) is 0 Å². The quantitative estimate of drug-likeness (QED) is 0.499. The summed E-state index contributed by atoms with van der Waals surface area (Å²) >= 11 is 3.28. The zero-order chi connectivity index (χ0) is 19.4. The minimum atomic E-state index is -1.36. The minimum absolute atomic E-state index is 0.0954. The fraction of sp³-hybridized carbons (Fsp3) is 0.211. The zero-order valence-electron chi connectivity index (χ0n) is 14.5. The van der Waals surface area contributed by atoms with Crippen LogP contribution in [0.5, 0.6) is 5.75 Å². The summed E-state index contributed by atoms with van der Waals surface area (Å²) in [6, 6.07) is 12.0. The summed E-state index contributed by atoms with van der Waals surface area (Å²) in [5.74, 6) is 0.0954. The van der Waals surface area contributed by atoms with Gasteiger partial charge >= 0.3 is 11.8 Å². The number of anilines is 1. The van der Waals surface area contributed by atoms with Gasteiger partial charge in [-0.2, -0.15) is 0 Å². The topological polar surface area (TPSA) is 81.9 Å². The number of benzene rings is 2. The van der Waals surface area contributed by atoms with Gasteiger partial charge < -0.3 is 9.47 Å². The van der Waals surface area contributed by atoms with Gasteiger partial charge in [-0.05, 0) is 44.2 Å². The molecule has 1 spiro atoms. The molecule has 138 valence electrons. The lowest BCUT2D eigenvalue weighted by Crippen LogP contribution is -2.60. The molecule has 2 aromatic carbocycles. The van der Waals surface area contributed by atoms with Crippen LogP contribution in [0.3, 0.4) is 0 Å². The fourth-order valence-electron chi connectivity index (χ4n) is 3.42. The van der Waals surface area contributed by atoms with Crippen molar-refractivity contribution in [2.45, 2.75) is 25.2 Å². The fourth-order valence-corrected chi connectivity index (χ4v) is 3.89. The van der Waals surface area contributed by atoms with Gasteiger partial charge in [0.1, 0.15) is 0 Å². The Balaban J connectivity index is 1.93. The molecule has 8 heteroatoms. The maximum atomic E-state index is 12.7. The number of amides is 1. The van der Waals surface area contributed by atoms with Crippen molar-refractivity contribution in [1.82, 2.24) is 0 Å². The third-order valence-corrected chi connectivity index (χ3v) is 5.20. The highest BCUT2D eigenvalue weighted by molar-refractivity contribution is 9.10. The Labute approximate surface area is 163 Å². The molecule has 2 aliphatic rings. The Hall–Kier alpha value is -2.87. The van der Waals surface area contributed by atoms with E-state index in [4.69, 9.17) is 9.47 Å². The van der Waals surface area contributed by atoms with Crippen molar-refractivity contribution in [2.24, 2.45) is 0 Å². The standard InChI is InChI=1S/C19H15BrN2O5/c1-18(2)19(21(17(23)27-18)14-6-4-3-5-7-14)9-8-12-10-13(20)11-15(22(24)25)16(12)26-19/h3-11H,1-2H3. The summed E-state index contributed by atoms with van der Waals surface area (Å²) in [5, 5.41) is 11.6. The smallest absolute Gasteiger partial charge is 0.418 e. The number of hydrogen-bond donors (Lipinski definition) is 0. The lowest BCUT2D eigenvalue weighted by molar-refractivity contribution is -0.386. The molecule has 0 radical (unpaired) electrons. The molecule has 0 saturated carbocycles. The molecule has 27 heavy (non-hydrogen) atoms. The van der Waals surface area contributed by atoms with E-state index in [1.807, 2.05) is 6.07 Å². The molecular weight excluding hydrogens is 416 g/mol. The van der Waals surface area contributed by atoms with Crippen LogP contribution in [0.1, 0.15) is 19.4 Å². The van der Waals surface area contributed by atoms with Crippen molar-refractivity contribution < 1.29 is 19.2 Å². The van der Waals surface area contributed by atoms with Crippen LogP contribution < -0.4 is 9.64 Å². The first kappa shape index (κ1) is 17.5. The molecule has 7 nitrogen and oxygen atoms in total. The van der Waals surface area contributed by atoms with Crippen molar-refractivity contribution >= 4 is 39.5 Å². The second kappa shape index (κ2) is 5.82. The molecule has 0 aromatic heterocycles. The van der Waals surface area contributed by atoms with Crippen LogP contribution in [0.4, 0.5) is 16.2 Å². The number of nitro groups is 1. The predicted octanol–water partition coefficient (Wildman–Crippen LogP) is 4.89. The van der Waals surface area contributed by atoms with Gasteiger partial charge in [-0.1, -0.05) is 34.1 Å². The first-order valence-electron chi connectivity index (χ1n) is 8.20. The number of hydrogen-bond acceptors (Lipinski definition) is 5. The highest BCUT2D eigenvalue weighted by atomic mass is 79.9. The molecule has 1 unspecified atom stereocenters. The Morgan fingerprint density at radius 2 is 1.85 bits per heavy atom. The average molecular weight is 431 g/mol. The van der Waals surface area contributed by atoms with E-state index < -0.39 is 22.3 Å². The number of cyclic esters (lactones) is 1. The second-order valence-electron chi connectivity index (χ2n) is 6.78. The number of carbonyl (C=O) groups excluding carboxylic acids is 1. The first-order valence-corrected chi connectivity index (χ1v) is 8.99. The van der Waals surface area contributed by atoms with Crippen molar-refractivity contribution in [3.8, 4) is 5.75 Å². The van der Waals surface area contributed by atoms with Crippen molar-refractivity contribution in [1.29, 1.82) is 0 Å². The highest BCUT2D eigenvalue weighted by Gasteiger charge is 2.63.